The Morgan fingerprint density at radius 3 is 2.48 bits per heavy atom. The molecule has 3 amide bonds. The van der Waals surface area contributed by atoms with E-state index < -0.39 is 11.9 Å². The van der Waals surface area contributed by atoms with Crippen molar-refractivity contribution in [1.82, 2.24) is 16.2 Å². The van der Waals surface area contributed by atoms with Gasteiger partial charge in [-0.2, -0.15) is 0 Å². The molecule has 0 saturated heterocycles. The molecule has 0 atom stereocenters. The number of para-hydroxylation sites is 1. The molecule has 0 bridgehead atoms. The summed E-state index contributed by atoms with van der Waals surface area (Å²) in [5, 5.41) is 2.56. The number of urea groups is 1. The van der Waals surface area contributed by atoms with E-state index >= 15 is 0 Å². The van der Waals surface area contributed by atoms with Crippen molar-refractivity contribution < 1.29 is 18.7 Å². The highest BCUT2D eigenvalue weighted by Crippen LogP contribution is 2.15. The maximum atomic E-state index is 12.8. The largest absolute Gasteiger partial charge is 0.491 e. The van der Waals surface area contributed by atoms with Gasteiger partial charge in [-0.3, -0.25) is 10.2 Å². The van der Waals surface area contributed by atoms with Gasteiger partial charge in [-0.1, -0.05) is 30.3 Å². The van der Waals surface area contributed by atoms with E-state index in [0.29, 0.717) is 12.2 Å². The van der Waals surface area contributed by atoms with Crippen LogP contribution in [0, 0.1) is 12.7 Å². The van der Waals surface area contributed by atoms with Crippen LogP contribution >= 0.6 is 0 Å². The van der Waals surface area contributed by atoms with Crippen LogP contribution in [-0.4, -0.2) is 25.1 Å². The van der Waals surface area contributed by atoms with E-state index in [-0.39, 0.29) is 18.8 Å². The molecule has 3 N–H and O–H groups in total. The lowest BCUT2D eigenvalue weighted by Gasteiger charge is -2.11. The standard InChI is InChI=1S/C18H20FN3O3/c1-13-4-2-3-5-16(13)25-11-10-20-18(24)22-21-17(23)12-14-6-8-15(19)9-7-14/h2-9H,10-12H2,1H3,(H,21,23)(H2,20,22,24). The van der Waals surface area contributed by atoms with Crippen molar-refractivity contribution in [1.29, 1.82) is 0 Å². The number of rotatable bonds is 6. The number of carbonyl (C=O) groups is 2. The molecule has 0 heterocycles. The van der Waals surface area contributed by atoms with Crippen molar-refractivity contribution in [3.63, 3.8) is 0 Å². The number of hydrazine groups is 1. The molecule has 6 nitrogen and oxygen atoms in total. The average Bonchev–Trinajstić information content (AvgIpc) is 2.60. The van der Waals surface area contributed by atoms with Crippen molar-refractivity contribution in [3.8, 4) is 5.75 Å². The fourth-order valence-electron chi connectivity index (χ4n) is 2.05. The first-order valence-electron chi connectivity index (χ1n) is 7.80. The number of carbonyl (C=O) groups excluding carboxylic acids is 2. The summed E-state index contributed by atoms with van der Waals surface area (Å²) in [6.07, 6.45) is 0.0386. The van der Waals surface area contributed by atoms with Crippen LogP contribution in [0.1, 0.15) is 11.1 Å². The molecule has 25 heavy (non-hydrogen) atoms. The second-order valence-corrected chi connectivity index (χ2v) is 5.35. The minimum atomic E-state index is -0.541. The topological polar surface area (TPSA) is 79.5 Å². The summed E-state index contributed by atoms with van der Waals surface area (Å²) in [5.74, 6) is -0.00944. The molecule has 0 aliphatic rings. The molecular formula is C18H20FN3O3. The molecule has 0 aromatic heterocycles. The highest BCUT2D eigenvalue weighted by molar-refractivity contribution is 5.82. The zero-order valence-electron chi connectivity index (χ0n) is 13.8. The number of benzene rings is 2. The van der Waals surface area contributed by atoms with Gasteiger partial charge in [-0.25, -0.2) is 14.6 Å². The van der Waals surface area contributed by atoms with E-state index in [1.165, 1.54) is 24.3 Å². The quantitative estimate of drug-likeness (QED) is 0.554. The maximum Gasteiger partial charge on any atom is 0.333 e. The number of amides is 3. The summed E-state index contributed by atoms with van der Waals surface area (Å²) in [4.78, 5) is 23.3. The van der Waals surface area contributed by atoms with E-state index in [9.17, 15) is 14.0 Å². The van der Waals surface area contributed by atoms with Gasteiger partial charge in [-0.05, 0) is 36.2 Å². The highest BCUT2D eigenvalue weighted by Gasteiger charge is 2.06. The van der Waals surface area contributed by atoms with Crippen LogP contribution in [-0.2, 0) is 11.2 Å². The van der Waals surface area contributed by atoms with Crippen molar-refractivity contribution in [2.24, 2.45) is 0 Å². The second kappa shape index (κ2) is 9.27. The molecule has 7 heteroatoms. The summed E-state index contributed by atoms with van der Waals surface area (Å²) in [6.45, 7) is 2.53. The zero-order chi connectivity index (χ0) is 18.1. The Hall–Kier alpha value is -3.09. The third kappa shape index (κ3) is 6.50. The van der Waals surface area contributed by atoms with Crippen LogP contribution in [0.4, 0.5) is 9.18 Å². The number of halogens is 1. The Bertz CT molecular complexity index is 720. The summed E-state index contributed by atoms with van der Waals surface area (Å²) < 4.78 is 18.3. The molecule has 0 saturated carbocycles. The summed E-state index contributed by atoms with van der Waals surface area (Å²) in [6, 6.07) is 12.6. The van der Waals surface area contributed by atoms with Crippen molar-refractivity contribution >= 4 is 11.9 Å². The van der Waals surface area contributed by atoms with E-state index in [1.807, 2.05) is 31.2 Å². The van der Waals surface area contributed by atoms with Gasteiger partial charge < -0.3 is 10.1 Å². The van der Waals surface area contributed by atoms with E-state index in [0.717, 1.165) is 11.3 Å². The zero-order valence-corrected chi connectivity index (χ0v) is 13.8. The van der Waals surface area contributed by atoms with Gasteiger partial charge in [0, 0.05) is 0 Å². The molecule has 2 aromatic rings. The summed E-state index contributed by atoms with van der Waals surface area (Å²) >= 11 is 0. The lowest BCUT2D eigenvalue weighted by atomic mass is 10.1. The van der Waals surface area contributed by atoms with Crippen LogP contribution in [0.3, 0.4) is 0 Å². The number of aryl methyl sites for hydroxylation is 1. The Kier molecular flexibility index (Phi) is 6.76. The number of ether oxygens (including phenoxy) is 1. The first kappa shape index (κ1) is 18.3. The van der Waals surface area contributed by atoms with Gasteiger partial charge in [0.2, 0.25) is 5.91 Å². The van der Waals surface area contributed by atoms with Gasteiger partial charge in [0.1, 0.15) is 18.2 Å². The average molecular weight is 345 g/mol. The third-order valence-electron chi connectivity index (χ3n) is 3.33. The Morgan fingerprint density at radius 1 is 1.04 bits per heavy atom. The molecule has 0 spiro atoms. The van der Waals surface area contributed by atoms with E-state index in [2.05, 4.69) is 16.2 Å². The van der Waals surface area contributed by atoms with Crippen LogP contribution in [0.5, 0.6) is 5.75 Å². The fourth-order valence-corrected chi connectivity index (χ4v) is 2.05. The molecule has 0 fully saturated rings. The lowest BCUT2D eigenvalue weighted by Crippen LogP contribution is -2.48. The van der Waals surface area contributed by atoms with Crippen LogP contribution < -0.4 is 20.9 Å². The van der Waals surface area contributed by atoms with Crippen molar-refractivity contribution in [3.05, 3.63) is 65.5 Å². The van der Waals surface area contributed by atoms with Crippen LogP contribution in [0.2, 0.25) is 0 Å². The normalized spacial score (nSPS) is 10.0. The molecule has 2 rings (SSSR count). The molecule has 0 radical (unpaired) electrons. The fraction of sp³-hybridized carbons (Fsp3) is 0.222. The SMILES string of the molecule is Cc1ccccc1OCCNC(=O)NNC(=O)Cc1ccc(F)cc1. The third-order valence-corrected chi connectivity index (χ3v) is 3.33. The Labute approximate surface area is 145 Å². The maximum absolute atomic E-state index is 12.8. The number of nitrogens with one attached hydrogen (secondary N) is 3. The van der Waals surface area contributed by atoms with Gasteiger partial charge in [-0.15, -0.1) is 0 Å². The van der Waals surface area contributed by atoms with E-state index in [4.69, 9.17) is 4.74 Å². The van der Waals surface area contributed by atoms with Crippen molar-refractivity contribution in [2.75, 3.05) is 13.2 Å². The lowest BCUT2D eigenvalue weighted by molar-refractivity contribution is -0.121. The van der Waals surface area contributed by atoms with Crippen LogP contribution in [0.15, 0.2) is 48.5 Å². The molecule has 0 aliphatic carbocycles. The molecule has 0 unspecified atom stereocenters. The van der Waals surface area contributed by atoms with E-state index in [1.54, 1.807) is 0 Å². The molecule has 2 aromatic carbocycles. The highest BCUT2D eigenvalue weighted by atomic mass is 19.1. The predicted octanol–water partition coefficient (Wildman–Crippen LogP) is 2.09. The minimum Gasteiger partial charge on any atom is -0.491 e. The first-order valence-corrected chi connectivity index (χ1v) is 7.80. The smallest absolute Gasteiger partial charge is 0.333 e. The van der Waals surface area contributed by atoms with Gasteiger partial charge in [0.05, 0.1) is 13.0 Å². The second-order valence-electron chi connectivity index (χ2n) is 5.35. The first-order chi connectivity index (χ1) is 12.0. The summed E-state index contributed by atoms with van der Waals surface area (Å²) in [5.41, 5.74) is 6.18. The van der Waals surface area contributed by atoms with Gasteiger partial charge in [0.25, 0.3) is 0 Å². The molecule has 0 aliphatic heterocycles. The van der Waals surface area contributed by atoms with Crippen LogP contribution in [0.25, 0.3) is 0 Å². The minimum absolute atomic E-state index is 0.0386. The van der Waals surface area contributed by atoms with Crippen molar-refractivity contribution in [2.45, 2.75) is 13.3 Å². The Balaban J connectivity index is 1.61. The van der Waals surface area contributed by atoms with Gasteiger partial charge in [0.15, 0.2) is 0 Å². The molecule has 132 valence electrons. The monoisotopic (exact) mass is 345 g/mol. The molecular weight excluding hydrogens is 325 g/mol. The number of hydrogen-bond donors (Lipinski definition) is 3. The number of hydrogen-bond acceptors (Lipinski definition) is 3. The Morgan fingerprint density at radius 2 is 1.76 bits per heavy atom. The van der Waals surface area contributed by atoms with Gasteiger partial charge >= 0.3 is 6.03 Å². The predicted molar refractivity (Wildman–Crippen MR) is 91.5 cm³/mol. The summed E-state index contributed by atoms with van der Waals surface area (Å²) in [7, 11) is 0.